The van der Waals surface area contributed by atoms with Gasteiger partial charge in [0.2, 0.25) is 0 Å². The van der Waals surface area contributed by atoms with Gasteiger partial charge in [0.25, 0.3) is 10.0 Å². The molecule has 0 bridgehead atoms. The van der Waals surface area contributed by atoms with Crippen LogP contribution in [-0.2, 0) is 22.9 Å². The van der Waals surface area contributed by atoms with Crippen LogP contribution in [0.3, 0.4) is 0 Å². The second kappa shape index (κ2) is 5.46. The zero-order valence-electron chi connectivity index (χ0n) is 13.6. The molecule has 0 aliphatic heterocycles. The van der Waals surface area contributed by atoms with Gasteiger partial charge >= 0.3 is 0 Å². The molecule has 0 fully saturated rings. The first-order valence-electron chi connectivity index (χ1n) is 8.16. The molecule has 24 heavy (non-hydrogen) atoms. The first-order chi connectivity index (χ1) is 11.5. The first-order valence-corrected chi connectivity index (χ1v) is 9.60. The molecular formula is C19H20N2O2S. The van der Waals surface area contributed by atoms with Crippen molar-refractivity contribution < 1.29 is 8.42 Å². The Morgan fingerprint density at radius 1 is 1.08 bits per heavy atom. The van der Waals surface area contributed by atoms with Gasteiger partial charge in [-0.3, -0.25) is 0 Å². The number of hydrogen-bond acceptors (Lipinski definition) is 3. The SMILES string of the molecule is Cc1ccc(S(=O)(=O)n2ccc3c4c(ccc32)CCC(N)C4)cc1. The van der Waals surface area contributed by atoms with E-state index in [2.05, 4.69) is 0 Å². The predicted octanol–water partition coefficient (Wildman–Crippen LogP) is 3.00. The minimum absolute atomic E-state index is 0.153. The fourth-order valence-corrected chi connectivity index (χ4v) is 4.86. The van der Waals surface area contributed by atoms with E-state index < -0.39 is 10.0 Å². The van der Waals surface area contributed by atoms with Crippen molar-refractivity contribution >= 4 is 20.9 Å². The number of fused-ring (bicyclic) bond motifs is 3. The second-order valence-corrected chi connectivity index (χ2v) is 8.38. The summed E-state index contributed by atoms with van der Waals surface area (Å²) in [7, 11) is -3.59. The Balaban J connectivity index is 1.89. The molecule has 1 aliphatic rings. The second-order valence-electron chi connectivity index (χ2n) is 6.57. The van der Waals surface area contributed by atoms with Crippen molar-refractivity contribution in [3.8, 4) is 0 Å². The van der Waals surface area contributed by atoms with Crippen LogP contribution >= 0.6 is 0 Å². The van der Waals surface area contributed by atoms with Crippen LogP contribution < -0.4 is 5.73 Å². The zero-order valence-corrected chi connectivity index (χ0v) is 14.4. The van der Waals surface area contributed by atoms with Crippen LogP contribution in [0.15, 0.2) is 53.6 Å². The summed E-state index contributed by atoms with van der Waals surface area (Å²) >= 11 is 0. The van der Waals surface area contributed by atoms with Crippen molar-refractivity contribution in [3.05, 3.63) is 65.4 Å². The van der Waals surface area contributed by atoms with Crippen LogP contribution in [0.1, 0.15) is 23.1 Å². The van der Waals surface area contributed by atoms with Crippen molar-refractivity contribution in [3.63, 3.8) is 0 Å². The average Bonchev–Trinajstić information content (AvgIpc) is 3.00. The molecule has 0 radical (unpaired) electrons. The molecule has 0 amide bonds. The molecule has 0 saturated carbocycles. The summed E-state index contributed by atoms with van der Waals surface area (Å²) in [5, 5.41) is 0.998. The van der Waals surface area contributed by atoms with Crippen molar-refractivity contribution in [2.45, 2.75) is 37.1 Å². The largest absolute Gasteiger partial charge is 0.327 e. The Hall–Kier alpha value is -2.11. The van der Waals surface area contributed by atoms with Crippen LogP contribution in [0, 0.1) is 6.92 Å². The van der Waals surface area contributed by atoms with Crippen molar-refractivity contribution in [2.24, 2.45) is 5.73 Å². The molecule has 1 heterocycles. The third-order valence-corrected chi connectivity index (χ3v) is 6.58. The van der Waals surface area contributed by atoms with E-state index in [4.69, 9.17) is 5.73 Å². The Kier molecular flexibility index (Phi) is 3.51. The maximum Gasteiger partial charge on any atom is 0.268 e. The van der Waals surface area contributed by atoms with E-state index in [1.807, 2.05) is 37.3 Å². The molecule has 3 aromatic rings. The van der Waals surface area contributed by atoms with Crippen molar-refractivity contribution in [2.75, 3.05) is 0 Å². The molecule has 4 rings (SSSR count). The highest BCUT2D eigenvalue weighted by Crippen LogP contribution is 2.31. The lowest BCUT2D eigenvalue weighted by Crippen LogP contribution is -2.27. The van der Waals surface area contributed by atoms with Gasteiger partial charge in [0.15, 0.2) is 0 Å². The summed E-state index contributed by atoms with van der Waals surface area (Å²) in [4.78, 5) is 0.306. The van der Waals surface area contributed by atoms with E-state index in [0.717, 1.165) is 35.7 Å². The third kappa shape index (κ3) is 2.36. The highest BCUT2D eigenvalue weighted by Gasteiger charge is 2.23. The number of aryl methyl sites for hydroxylation is 2. The lowest BCUT2D eigenvalue weighted by Gasteiger charge is -2.22. The van der Waals surface area contributed by atoms with Crippen molar-refractivity contribution in [1.82, 2.24) is 3.97 Å². The minimum atomic E-state index is -3.59. The van der Waals surface area contributed by atoms with Gasteiger partial charge in [0, 0.05) is 17.6 Å². The zero-order chi connectivity index (χ0) is 16.9. The van der Waals surface area contributed by atoms with Gasteiger partial charge in [-0.25, -0.2) is 12.4 Å². The molecule has 124 valence electrons. The highest BCUT2D eigenvalue weighted by atomic mass is 32.2. The molecule has 0 spiro atoms. The van der Waals surface area contributed by atoms with Crippen LogP contribution in [0.2, 0.25) is 0 Å². The van der Waals surface area contributed by atoms with Crippen LogP contribution in [0.4, 0.5) is 0 Å². The number of nitrogens with two attached hydrogens (primary N) is 1. The summed E-state index contributed by atoms with van der Waals surface area (Å²) in [5.41, 5.74) is 10.4. The average molecular weight is 340 g/mol. The van der Waals surface area contributed by atoms with E-state index >= 15 is 0 Å². The monoisotopic (exact) mass is 340 g/mol. The Morgan fingerprint density at radius 3 is 2.58 bits per heavy atom. The highest BCUT2D eigenvalue weighted by molar-refractivity contribution is 7.90. The molecule has 1 aromatic heterocycles. The van der Waals surface area contributed by atoms with Crippen LogP contribution in [0.25, 0.3) is 10.9 Å². The molecule has 0 saturated heterocycles. The fraction of sp³-hybridized carbons (Fsp3) is 0.263. The van der Waals surface area contributed by atoms with Gasteiger partial charge in [-0.1, -0.05) is 23.8 Å². The Bertz CT molecular complexity index is 1020. The molecule has 1 unspecified atom stereocenters. The van der Waals surface area contributed by atoms with Gasteiger partial charge in [-0.2, -0.15) is 0 Å². The Labute approximate surface area is 142 Å². The van der Waals surface area contributed by atoms with Crippen molar-refractivity contribution in [1.29, 1.82) is 0 Å². The lowest BCUT2D eigenvalue weighted by molar-refractivity contribution is 0.579. The summed E-state index contributed by atoms with van der Waals surface area (Å²) < 4.78 is 27.4. The molecule has 4 nitrogen and oxygen atoms in total. The maximum atomic E-state index is 13.0. The maximum absolute atomic E-state index is 13.0. The molecule has 5 heteroatoms. The van der Waals surface area contributed by atoms with E-state index in [0.29, 0.717) is 4.90 Å². The van der Waals surface area contributed by atoms with Gasteiger partial charge in [-0.15, -0.1) is 0 Å². The smallest absolute Gasteiger partial charge is 0.268 e. The normalized spacial score (nSPS) is 17.8. The predicted molar refractivity (Wildman–Crippen MR) is 95.7 cm³/mol. The summed E-state index contributed by atoms with van der Waals surface area (Å²) in [6, 6.07) is 13.0. The number of aromatic nitrogens is 1. The Morgan fingerprint density at radius 2 is 1.83 bits per heavy atom. The van der Waals surface area contributed by atoms with E-state index in [9.17, 15) is 8.42 Å². The van der Waals surface area contributed by atoms with Gasteiger partial charge in [0.1, 0.15) is 0 Å². The molecular weight excluding hydrogens is 320 g/mol. The van der Waals surface area contributed by atoms with Gasteiger partial charge in [-0.05, 0) is 61.6 Å². The third-order valence-electron chi connectivity index (χ3n) is 4.87. The van der Waals surface area contributed by atoms with E-state index in [-0.39, 0.29) is 6.04 Å². The lowest BCUT2D eigenvalue weighted by atomic mass is 9.87. The quantitative estimate of drug-likeness (QED) is 0.780. The standard InChI is InChI=1S/C19H20N2O2S/c1-13-2-7-16(8-3-13)24(22,23)21-11-10-17-18-12-15(20)6-4-14(18)5-9-19(17)21/h2-3,5,7-11,15H,4,6,12,20H2,1H3. The topological polar surface area (TPSA) is 65.1 Å². The number of benzene rings is 2. The van der Waals surface area contributed by atoms with Crippen LogP contribution in [0.5, 0.6) is 0 Å². The summed E-state index contributed by atoms with van der Waals surface area (Å²) in [5.74, 6) is 0. The van der Waals surface area contributed by atoms with E-state index in [1.54, 1.807) is 18.3 Å². The molecule has 1 aliphatic carbocycles. The molecule has 2 N–H and O–H groups in total. The van der Waals surface area contributed by atoms with Gasteiger partial charge < -0.3 is 5.73 Å². The van der Waals surface area contributed by atoms with Crippen LogP contribution in [-0.4, -0.2) is 18.4 Å². The first kappa shape index (κ1) is 15.4. The summed E-state index contributed by atoms with van der Waals surface area (Å²) in [6.07, 6.45) is 4.41. The number of hydrogen-bond donors (Lipinski definition) is 1. The number of nitrogens with zero attached hydrogens (tertiary/aromatic N) is 1. The molecule has 2 aromatic carbocycles. The van der Waals surface area contributed by atoms with Gasteiger partial charge in [0.05, 0.1) is 10.4 Å². The fourth-order valence-electron chi connectivity index (χ4n) is 3.51. The summed E-state index contributed by atoms with van der Waals surface area (Å²) in [6.45, 7) is 1.94. The number of rotatable bonds is 2. The molecule has 1 atom stereocenters. The van der Waals surface area contributed by atoms with E-state index in [1.165, 1.54) is 15.1 Å². The minimum Gasteiger partial charge on any atom is -0.327 e.